The summed E-state index contributed by atoms with van der Waals surface area (Å²) in [4.78, 5) is 4.13. The van der Waals surface area contributed by atoms with Crippen LogP contribution in [0.1, 0.15) is 12.5 Å². The molecule has 2 heterocycles. The van der Waals surface area contributed by atoms with E-state index >= 15 is 0 Å². The van der Waals surface area contributed by atoms with Crippen molar-refractivity contribution in [1.29, 1.82) is 0 Å². The Morgan fingerprint density at radius 3 is 3.07 bits per heavy atom. The predicted octanol–water partition coefficient (Wildman–Crippen LogP) is 0.500. The fraction of sp³-hybridized carbons (Fsp3) is 0.300. The molecule has 3 N–H and O–H groups in total. The van der Waals surface area contributed by atoms with Crippen LogP contribution in [-0.4, -0.2) is 21.1 Å². The van der Waals surface area contributed by atoms with Crippen LogP contribution in [0.15, 0.2) is 30.7 Å². The van der Waals surface area contributed by atoms with E-state index in [2.05, 4.69) is 4.98 Å². The van der Waals surface area contributed by atoms with Crippen LogP contribution in [0, 0.1) is 0 Å². The van der Waals surface area contributed by atoms with Crippen molar-refractivity contribution in [3.63, 3.8) is 0 Å². The van der Waals surface area contributed by atoms with Crippen LogP contribution >= 0.6 is 0 Å². The lowest BCUT2D eigenvalue weighted by molar-refractivity contribution is 0.209. The van der Waals surface area contributed by atoms with Gasteiger partial charge in [-0.3, -0.25) is 0 Å². The number of hydrogen-bond acceptors (Lipinski definition) is 3. The van der Waals surface area contributed by atoms with Crippen LogP contribution in [-0.2, 0) is 5.54 Å². The van der Waals surface area contributed by atoms with Gasteiger partial charge in [-0.2, -0.15) is 0 Å². The lowest BCUT2D eigenvalue weighted by Gasteiger charge is -2.22. The number of nitrogens with zero attached hydrogens (tertiary/aromatic N) is 2. The molecule has 0 aliphatic heterocycles. The summed E-state index contributed by atoms with van der Waals surface area (Å²) in [7, 11) is 0. The predicted molar refractivity (Wildman–Crippen MR) is 53.8 cm³/mol. The zero-order chi connectivity index (χ0) is 10.2. The molecule has 0 saturated carbocycles. The van der Waals surface area contributed by atoms with E-state index in [4.69, 9.17) is 10.8 Å². The third-order valence-electron chi connectivity index (χ3n) is 2.38. The minimum absolute atomic E-state index is 0.0762. The molecule has 0 aliphatic rings. The van der Waals surface area contributed by atoms with Gasteiger partial charge >= 0.3 is 0 Å². The van der Waals surface area contributed by atoms with E-state index in [0.29, 0.717) is 0 Å². The maximum Gasteiger partial charge on any atom is 0.136 e. The maximum atomic E-state index is 9.12. The van der Waals surface area contributed by atoms with Crippen molar-refractivity contribution in [2.75, 3.05) is 6.61 Å². The molecule has 74 valence electrons. The molecule has 0 radical (unpaired) electrons. The first-order valence-electron chi connectivity index (χ1n) is 4.46. The summed E-state index contributed by atoms with van der Waals surface area (Å²) < 4.78 is 1.89. The molecule has 4 nitrogen and oxygen atoms in total. The van der Waals surface area contributed by atoms with Gasteiger partial charge in [-0.05, 0) is 18.6 Å². The zero-order valence-corrected chi connectivity index (χ0v) is 8.01. The van der Waals surface area contributed by atoms with E-state index in [9.17, 15) is 0 Å². The topological polar surface area (TPSA) is 63.5 Å². The number of aliphatic hydroxyl groups is 1. The fourth-order valence-electron chi connectivity index (χ4n) is 1.35. The van der Waals surface area contributed by atoms with Gasteiger partial charge in [0.2, 0.25) is 0 Å². The molecule has 0 bridgehead atoms. The van der Waals surface area contributed by atoms with E-state index in [1.54, 1.807) is 13.1 Å². The second-order valence-corrected chi connectivity index (χ2v) is 3.69. The fourth-order valence-corrected chi connectivity index (χ4v) is 1.35. The van der Waals surface area contributed by atoms with E-state index < -0.39 is 5.54 Å². The molecule has 2 aromatic heterocycles. The number of aromatic nitrogens is 2. The molecular formula is C10H13N3O. The maximum absolute atomic E-state index is 9.12. The van der Waals surface area contributed by atoms with Gasteiger partial charge in [0.25, 0.3) is 0 Å². The number of nitrogens with two attached hydrogens (primary N) is 1. The van der Waals surface area contributed by atoms with Crippen molar-refractivity contribution < 1.29 is 5.11 Å². The molecule has 0 spiro atoms. The van der Waals surface area contributed by atoms with E-state index in [0.717, 1.165) is 11.2 Å². The van der Waals surface area contributed by atoms with Gasteiger partial charge in [0.05, 0.1) is 12.1 Å². The van der Waals surface area contributed by atoms with Gasteiger partial charge in [-0.25, -0.2) is 4.98 Å². The molecule has 1 unspecified atom stereocenters. The highest BCUT2D eigenvalue weighted by Crippen LogP contribution is 2.17. The summed E-state index contributed by atoms with van der Waals surface area (Å²) in [5, 5.41) is 9.12. The van der Waals surface area contributed by atoms with Crippen molar-refractivity contribution in [1.82, 2.24) is 9.38 Å². The van der Waals surface area contributed by atoms with Crippen LogP contribution in [0.25, 0.3) is 5.65 Å². The second kappa shape index (κ2) is 3.08. The second-order valence-electron chi connectivity index (χ2n) is 3.69. The molecule has 0 amide bonds. The smallest absolute Gasteiger partial charge is 0.136 e. The lowest BCUT2D eigenvalue weighted by atomic mass is 9.96. The quantitative estimate of drug-likeness (QED) is 0.726. The highest BCUT2D eigenvalue weighted by atomic mass is 16.3. The first kappa shape index (κ1) is 9.18. The molecule has 0 saturated heterocycles. The van der Waals surface area contributed by atoms with Gasteiger partial charge in [0.1, 0.15) is 5.65 Å². The number of imidazole rings is 1. The summed E-state index contributed by atoms with van der Waals surface area (Å²) in [5.41, 5.74) is 6.99. The van der Waals surface area contributed by atoms with Crippen LogP contribution in [0.2, 0.25) is 0 Å². The van der Waals surface area contributed by atoms with E-state index in [1.165, 1.54) is 0 Å². The van der Waals surface area contributed by atoms with Crippen LogP contribution in [0.3, 0.4) is 0 Å². The average molecular weight is 191 g/mol. The normalized spacial score (nSPS) is 15.6. The molecule has 4 heteroatoms. The van der Waals surface area contributed by atoms with Gasteiger partial charge in [0, 0.05) is 18.6 Å². The monoisotopic (exact) mass is 191 g/mol. The van der Waals surface area contributed by atoms with Crippen molar-refractivity contribution >= 4 is 5.65 Å². The molecular weight excluding hydrogens is 178 g/mol. The lowest BCUT2D eigenvalue weighted by Crippen LogP contribution is -2.37. The van der Waals surface area contributed by atoms with Gasteiger partial charge in [0.15, 0.2) is 0 Å². The first-order chi connectivity index (χ1) is 6.63. The molecule has 0 fully saturated rings. The number of hydrogen-bond donors (Lipinski definition) is 2. The van der Waals surface area contributed by atoms with Gasteiger partial charge < -0.3 is 15.2 Å². The molecule has 0 aliphatic carbocycles. The van der Waals surface area contributed by atoms with Gasteiger partial charge in [-0.1, -0.05) is 6.07 Å². The molecule has 1 atom stereocenters. The Kier molecular flexibility index (Phi) is 2.02. The van der Waals surface area contributed by atoms with Crippen molar-refractivity contribution in [2.24, 2.45) is 5.73 Å². The van der Waals surface area contributed by atoms with Crippen LogP contribution in [0.4, 0.5) is 0 Å². The van der Waals surface area contributed by atoms with Gasteiger partial charge in [-0.15, -0.1) is 0 Å². The first-order valence-corrected chi connectivity index (χ1v) is 4.46. The highest BCUT2D eigenvalue weighted by Gasteiger charge is 2.20. The van der Waals surface area contributed by atoms with Crippen LogP contribution < -0.4 is 5.73 Å². The summed E-state index contributed by atoms with van der Waals surface area (Å²) in [6, 6.07) is 3.77. The summed E-state index contributed by atoms with van der Waals surface area (Å²) in [6.45, 7) is 1.72. The Labute approximate surface area is 82.0 Å². The Balaban J connectivity index is 2.53. The Morgan fingerprint density at radius 1 is 1.57 bits per heavy atom. The van der Waals surface area contributed by atoms with E-state index in [1.807, 2.05) is 28.9 Å². The highest BCUT2D eigenvalue weighted by molar-refractivity contribution is 5.40. The van der Waals surface area contributed by atoms with Crippen LogP contribution in [0.5, 0.6) is 0 Å². The molecule has 2 aromatic rings. The third kappa shape index (κ3) is 1.38. The van der Waals surface area contributed by atoms with Crippen molar-refractivity contribution in [3.8, 4) is 0 Å². The zero-order valence-electron chi connectivity index (χ0n) is 8.01. The minimum Gasteiger partial charge on any atom is -0.394 e. The molecule has 0 aromatic carbocycles. The summed E-state index contributed by atoms with van der Waals surface area (Å²) in [6.07, 6.45) is 5.47. The Bertz CT molecular complexity index is 447. The number of fused-ring (bicyclic) bond motifs is 1. The number of pyridine rings is 1. The molecule has 14 heavy (non-hydrogen) atoms. The minimum atomic E-state index is -0.696. The largest absolute Gasteiger partial charge is 0.394 e. The Hall–Kier alpha value is -1.39. The third-order valence-corrected chi connectivity index (χ3v) is 2.38. The van der Waals surface area contributed by atoms with Crippen molar-refractivity contribution in [3.05, 3.63) is 36.3 Å². The van der Waals surface area contributed by atoms with E-state index in [-0.39, 0.29) is 6.61 Å². The molecule has 2 rings (SSSR count). The summed E-state index contributed by atoms with van der Waals surface area (Å²) >= 11 is 0. The SMILES string of the molecule is CC(N)(CO)c1ccc2nccn2c1. The Morgan fingerprint density at radius 2 is 2.36 bits per heavy atom. The standard InChI is InChI=1S/C10H13N3O/c1-10(11,7-14)8-2-3-9-12-4-5-13(9)6-8/h2-6,14H,7,11H2,1H3. The summed E-state index contributed by atoms with van der Waals surface area (Å²) in [5.74, 6) is 0. The van der Waals surface area contributed by atoms with Crippen molar-refractivity contribution in [2.45, 2.75) is 12.5 Å². The number of rotatable bonds is 2. The number of aliphatic hydroxyl groups excluding tert-OH is 1. The average Bonchev–Trinajstić information content (AvgIpc) is 2.64.